The van der Waals surface area contributed by atoms with E-state index in [0.29, 0.717) is 10.4 Å². The van der Waals surface area contributed by atoms with Crippen molar-refractivity contribution in [2.75, 3.05) is 17.1 Å². The first-order chi connectivity index (χ1) is 18.7. The van der Waals surface area contributed by atoms with Crippen molar-refractivity contribution in [2.45, 2.75) is 77.2 Å². The van der Waals surface area contributed by atoms with Gasteiger partial charge in [0.1, 0.15) is 12.6 Å². The van der Waals surface area contributed by atoms with Gasteiger partial charge in [-0.1, -0.05) is 62.1 Å². The molecule has 1 saturated carbocycles. The molecule has 1 N–H and O–H groups in total. The average Bonchev–Trinajstić information content (AvgIpc) is 2.88. The number of aryl methyl sites for hydroxylation is 1. The number of alkyl halides is 3. The van der Waals surface area contributed by atoms with E-state index in [9.17, 15) is 31.2 Å². The van der Waals surface area contributed by atoms with Crippen LogP contribution in [0.5, 0.6) is 0 Å². The standard InChI is InChI=1S/C28H35ClF3N3O4S/c1-4-25(27(37)33-21-12-6-5-7-13-21)34(17-20-11-9-8-10-19(20)2)26(36)18-35(40(3,38)39)22-14-15-24(29)23(16-22)28(30,31)32/h8-11,14-16,21,25H,4-7,12-13,17-18H2,1-3H3,(H,33,37)/t25-/m1/s1. The first-order valence-electron chi connectivity index (χ1n) is 13.2. The van der Waals surface area contributed by atoms with E-state index in [-0.39, 0.29) is 30.6 Å². The van der Waals surface area contributed by atoms with Gasteiger partial charge in [0, 0.05) is 12.6 Å². The third kappa shape index (κ3) is 8.13. The van der Waals surface area contributed by atoms with Crippen LogP contribution in [0.15, 0.2) is 42.5 Å². The summed E-state index contributed by atoms with van der Waals surface area (Å²) in [6.07, 6.45) is 1.01. The van der Waals surface area contributed by atoms with Gasteiger partial charge < -0.3 is 10.2 Å². The van der Waals surface area contributed by atoms with Crippen LogP contribution in [0.1, 0.15) is 62.1 Å². The summed E-state index contributed by atoms with van der Waals surface area (Å²) in [7, 11) is -4.20. The van der Waals surface area contributed by atoms with Crippen LogP contribution >= 0.6 is 11.6 Å². The van der Waals surface area contributed by atoms with Crippen LogP contribution < -0.4 is 9.62 Å². The van der Waals surface area contributed by atoms with Crippen molar-refractivity contribution in [3.8, 4) is 0 Å². The highest BCUT2D eigenvalue weighted by Gasteiger charge is 2.36. The molecule has 2 aromatic carbocycles. The van der Waals surface area contributed by atoms with E-state index in [1.165, 1.54) is 4.90 Å². The highest BCUT2D eigenvalue weighted by Crippen LogP contribution is 2.37. The zero-order valence-corrected chi connectivity index (χ0v) is 24.4. The van der Waals surface area contributed by atoms with Crippen LogP contribution in [0, 0.1) is 6.92 Å². The predicted octanol–water partition coefficient (Wildman–Crippen LogP) is 5.69. The second-order valence-electron chi connectivity index (χ2n) is 10.1. The highest BCUT2D eigenvalue weighted by molar-refractivity contribution is 7.92. The maximum atomic E-state index is 13.8. The Morgan fingerprint density at radius 3 is 2.33 bits per heavy atom. The average molecular weight is 602 g/mol. The van der Waals surface area contributed by atoms with Crippen molar-refractivity contribution in [2.24, 2.45) is 0 Å². The fourth-order valence-corrected chi connectivity index (χ4v) is 6.00. The molecule has 0 radical (unpaired) electrons. The second kappa shape index (κ2) is 13.2. The van der Waals surface area contributed by atoms with Gasteiger partial charge in [-0.2, -0.15) is 13.2 Å². The van der Waals surface area contributed by atoms with E-state index >= 15 is 0 Å². The van der Waals surface area contributed by atoms with Crippen LogP contribution in [0.2, 0.25) is 5.02 Å². The number of hydrogen-bond acceptors (Lipinski definition) is 4. The summed E-state index contributed by atoms with van der Waals surface area (Å²) in [4.78, 5) is 28.6. The molecule has 1 atom stereocenters. The number of sulfonamides is 1. The fourth-order valence-electron chi connectivity index (χ4n) is 4.93. The Morgan fingerprint density at radius 2 is 1.75 bits per heavy atom. The smallest absolute Gasteiger partial charge is 0.352 e. The first-order valence-corrected chi connectivity index (χ1v) is 15.4. The lowest BCUT2D eigenvalue weighted by atomic mass is 9.95. The molecule has 0 unspecified atom stereocenters. The highest BCUT2D eigenvalue weighted by atomic mass is 35.5. The van der Waals surface area contributed by atoms with E-state index in [2.05, 4.69) is 5.32 Å². The van der Waals surface area contributed by atoms with Crippen molar-refractivity contribution >= 4 is 39.1 Å². The van der Waals surface area contributed by atoms with E-state index < -0.39 is 45.3 Å². The summed E-state index contributed by atoms with van der Waals surface area (Å²) in [6, 6.07) is 9.05. The number of halogens is 4. The third-order valence-corrected chi connectivity index (χ3v) is 8.63. The number of amides is 2. The van der Waals surface area contributed by atoms with E-state index in [1.54, 1.807) is 13.0 Å². The van der Waals surface area contributed by atoms with Crippen LogP contribution in [-0.4, -0.2) is 50.0 Å². The zero-order valence-electron chi connectivity index (χ0n) is 22.8. The Kier molecular flexibility index (Phi) is 10.5. The lowest BCUT2D eigenvalue weighted by molar-refractivity contribution is -0.140. The molecule has 7 nitrogen and oxygen atoms in total. The molecule has 0 spiro atoms. The first kappa shape index (κ1) is 31.7. The van der Waals surface area contributed by atoms with Crippen LogP contribution in [0.25, 0.3) is 0 Å². The summed E-state index contributed by atoms with van der Waals surface area (Å²) in [5, 5.41) is 2.45. The topological polar surface area (TPSA) is 86.8 Å². The minimum atomic E-state index is -4.83. The molecule has 220 valence electrons. The maximum absolute atomic E-state index is 13.8. The number of hydrogen-bond donors (Lipinski definition) is 1. The molecule has 0 aliphatic heterocycles. The molecule has 1 fully saturated rings. The van der Waals surface area contributed by atoms with Gasteiger partial charge in [0.05, 0.1) is 22.5 Å². The Labute approximate surface area is 238 Å². The minimum absolute atomic E-state index is 0.00640. The molecule has 1 aliphatic rings. The van der Waals surface area contributed by atoms with Crippen molar-refractivity contribution in [3.05, 3.63) is 64.2 Å². The summed E-state index contributed by atoms with van der Waals surface area (Å²) >= 11 is 5.73. The molecule has 3 rings (SSSR count). The van der Waals surface area contributed by atoms with Crippen molar-refractivity contribution in [1.29, 1.82) is 0 Å². The van der Waals surface area contributed by atoms with Crippen molar-refractivity contribution < 1.29 is 31.2 Å². The number of nitrogens with one attached hydrogen (secondary N) is 1. The van der Waals surface area contributed by atoms with Gasteiger partial charge in [0.15, 0.2) is 0 Å². The number of benzene rings is 2. The maximum Gasteiger partial charge on any atom is 0.417 e. The molecule has 2 aromatic rings. The number of rotatable bonds is 10. The van der Waals surface area contributed by atoms with Gasteiger partial charge in [-0.3, -0.25) is 13.9 Å². The van der Waals surface area contributed by atoms with E-state index in [0.717, 1.165) is 61.6 Å². The Morgan fingerprint density at radius 1 is 1.10 bits per heavy atom. The third-order valence-electron chi connectivity index (χ3n) is 7.16. The molecule has 2 amide bonds. The number of carbonyl (C=O) groups excluding carboxylic acids is 2. The van der Waals surface area contributed by atoms with Crippen LogP contribution in [-0.2, 0) is 32.3 Å². The molecule has 0 heterocycles. The van der Waals surface area contributed by atoms with Gasteiger partial charge in [0.25, 0.3) is 0 Å². The molecule has 12 heteroatoms. The summed E-state index contributed by atoms with van der Waals surface area (Å²) in [5.74, 6) is -1.06. The van der Waals surface area contributed by atoms with Gasteiger partial charge in [0.2, 0.25) is 21.8 Å². The van der Waals surface area contributed by atoms with Gasteiger partial charge in [-0.25, -0.2) is 8.42 Å². The van der Waals surface area contributed by atoms with E-state index in [1.807, 2.05) is 25.1 Å². The normalized spacial score (nSPS) is 15.4. The predicted molar refractivity (Wildman–Crippen MR) is 149 cm³/mol. The fraction of sp³-hybridized carbons (Fsp3) is 0.500. The minimum Gasteiger partial charge on any atom is -0.352 e. The number of anilines is 1. The summed E-state index contributed by atoms with van der Waals surface area (Å²) < 4.78 is 66.7. The Hall–Kier alpha value is -2.79. The van der Waals surface area contributed by atoms with Crippen molar-refractivity contribution in [1.82, 2.24) is 10.2 Å². The van der Waals surface area contributed by atoms with Gasteiger partial charge >= 0.3 is 6.18 Å². The van der Waals surface area contributed by atoms with Gasteiger partial charge in [-0.05, 0) is 55.5 Å². The second-order valence-corrected chi connectivity index (χ2v) is 12.5. The molecule has 1 aliphatic carbocycles. The van der Waals surface area contributed by atoms with Crippen LogP contribution in [0.4, 0.5) is 18.9 Å². The Balaban J connectivity index is 1.98. The number of carbonyl (C=O) groups is 2. The molecule has 0 bridgehead atoms. The molecule has 0 aromatic heterocycles. The molecular formula is C28H35ClF3N3O4S. The van der Waals surface area contributed by atoms with Crippen molar-refractivity contribution in [3.63, 3.8) is 0 Å². The molecular weight excluding hydrogens is 567 g/mol. The zero-order chi connectivity index (χ0) is 29.7. The Bertz CT molecular complexity index is 1310. The monoisotopic (exact) mass is 601 g/mol. The lowest BCUT2D eigenvalue weighted by Crippen LogP contribution is -2.54. The van der Waals surface area contributed by atoms with Crippen LogP contribution in [0.3, 0.4) is 0 Å². The largest absolute Gasteiger partial charge is 0.417 e. The summed E-state index contributed by atoms with van der Waals surface area (Å²) in [6.45, 7) is 2.84. The summed E-state index contributed by atoms with van der Waals surface area (Å²) in [5.41, 5.74) is 0.0535. The number of nitrogens with zero attached hydrogens (tertiary/aromatic N) is 2. The van der Waals surface area contributed by atoms with Gasteiger partial charge in [-0.15, -0.1) is 0 Å². The molecule has 40 heavy (non-hydrogen) atoms. The SMILES string of the molecule is CC[C@H](C(=O)NC1CCCCC1)N(Cc1ccccc1C)C(=O)CN(c1ccc(Cl)c(C(F)(F)F)c1)S(C)(=O)=O. The van der Waals surface area contributed by atoms with E-state index in [4.69, 9.17) is 11.6 Å². The molecule has 0 saturated heterocycles. The lowest BCUT2D eigenvalue weighted by Gasteiger charge is -2.34. The quantitative estimate of drug-likeness (QED) is 0.379.